The van der Waals surface area contributed by atoms with Gasteiger partial charge in [0.1, 0.15) is 16.8 Å². The highest BCUT2D eigenvalue weighted by atomic mass is 35.5. The Balaban J connectivity index is 2.37. The lowest BCUT2D eigenvalue weighted by Crippen LogP contribution is -2.24. The minimum absolute atomic E-state index is 0.0312. The van der Waals surface area contributed by atoms with Crippen molar-refractivity contribution in [3.05, 3.63) is 63.8 Å². The highest BCUT2D eigenvalue weighted by molar-refractivity contribution is 7.83. The average Bonchev–Trinajstić information content (AvgIpc) is 2.79. The minimum atomic E-state index is -4.53. The van der Waals surface area contributed by atoms with E-state index >= 15 is 0 Å². The Kier molecular flexibility index (Phi) is 7.67. The summed E-state index contributed by atoms with van der Waals surface area (Å²) in [5.74, 6) is -1.90. The molecule has 0 radical (unpaired) electrons. The van der Waals surface area contributed by atoms with Gasteiger partial charge in [-0.05, 0) is 36.8 Å². The van der Waals surface area contributed by atoms with Gasteiger partial charge in [0.05, 0.1) is 26.7 Å². The second-order valence-corrected chi connectivity index (χ2v) is 8.08. The lowest BCUT2D eigenvalue weighted by atomic mass is 10.1. The van der Waals surface area contributed by atoms with E-state index in [9.17, 15) is 17.4 Å². The van der Waals surface area contributed by atoms with Gasteiger partial charge < -0.3 is 10.5 Å². The van der Waals surface area contributed by atoms with E-state index in [1.54, 1.807) is 0 Å². The molecular weight excluding hydrogens is 448 g/mol. The fraction of sp³-hybridized carbons (Fsp3) is 0.222. The first-order valence-electron chi connectivity index (χ1n) is 8.15. The Morgan fingerprint density at radius 1 is 1.34 bits per heavy atom. The third kappa shape index (κ3) is 6.73. The second kappa shape index (κ2) is 9.60. The maximum absolute atomic E-state index is 13.3. The quantitative estimate of drug-likeness (QED) is 0.426. The number of rotatable bonds is 5. The third-order valence-corrected chi connectivity index (χ3v) is 5.49. The molecule has 29 heavy (non-hydrogen) atoms. The Labute approximate surface area is 178 Å². The van der Waals surface area contributed by atoms with Gasteiger partial charge in [-0.25, -0.2) is 9.20 Å². The predicted molar refractivity (Wildman–Crippen MR) is 110 cm³/mol. The largest absolute Gasteiger partial charge is 0.398 e. The molecule has 2 unspecified atom stereocenters. The molecule has 1 aliphatic carbocycles. The number of aliphatic imine (C=N–C) groups is 1. The lowest BCUT2D eigenvalue weighted by Gasteiger charge is -2.17. The van der Waals surface area contributed by atoms with E-state index in [-0.39, 0.29) is 38.7 Å². The van der Waals surface area contributed by atoms with Crippen molar-refractivity contribution in [2.45, 2.75) is 24.4 Å². The molecule has 0 heterocycles. The molecule has 0 aromatic heterocycles. The fourth-order valence-corrected chi connectivity index (χ4v) is 3.66. The molecule has 1 aromatic rings. The highest BCUT2D eigenvalue weighted by Gasteiger charge is 2.37. The van der Waals surface area contributed by atoms with E-state index in [1.165, 1.54) is 37.3 Å². The summed E-state index contributed by atoms with van der Waals surface area (Å²) in [7, 11) is -1.92. The number of hydrogen-bond acceptors (Lipinski definition) is 2. The van der Waals surface area contributed by atoms with Crippen molar-refractivity contribution < 1.29 is 17.4 Å². The minimum Gasteiger partial charge on any atom is -0.387 e. The van der Waals surface area contributed by atoms with Crippen LogP contribution in [0.2, 0.25) is 10.0 Å². The normalized spacial score (nSPS) is 18.6. The van der Waals surface area contributed by atoms with Crippen molar-refractivity contribution in [3.63, 3.8) is 0 Å². The Hall–Kier alpha value is -2.10. The average molecular weight is 465 g/mol. The summed E-state index contributed by atoms with van der Waals surface area (Å²) in [6, 6.07) is 4.24. The number of amidine groups is 2. The maximum atomic E-state index is 13.3. The number of benzene rings is 1. The van der Waals surface area contributed by atoms with Crippen LogP contribution in [-0.2, 0) is 11.0 Å². The maximum Gasteiger partial charge on any atom is 0.398 e. The van der Waals surface area contributed by atoms with Crippen LogP contribution in [0, 0.1) is 11.3 Å². The van der Waals surface area contributed by atoms with E-state index in [2.05, 4.69) is 9.71 Å². The van der Waals surface area contributed by atoms with E-state index in [4.69, 9.17) is 34.3 Å². The van der Waals surface area contributed by atoms with Crippen LogP contribution in [-0.4, -0.2) is 22.1 Å². The van der Waals surface area contributed by atoms with Gasteiger partial charge in [0.2, 0.25) is 0 Å². The molecule has 0 spiro atoms. The zero-order chi connectivity index (χ0) is 21.8. The summed E-state index contributed by atoms with van der Waals surface area (Å²) in [6.45, 7) is 1.49. The topological polar surface area (TPSA) is 91.3 Å². The molecule has 0 amide bonds. The summed E-state index contributed by atoms with van der Waals surface area (Å²) in [5.41, 5.74) is 5.72. The van der Waals surface area contributed by atoms with Gasteiger partial charge in [-0.15, -0.1) is 0 Å². The molecule has 156 valence electrons. The van der Waals surface area contributed by atoms with Crippen molar-refractivity contribution in [1.29, 1.82) is 5.41 Å². The SMILES string of the molecule is CC(N)=NC(=N)CC1=CC=CC(C(F)(F)F)C=C1NS(=O)c1ccc(Cl)c(Cl)c1. The van der Waals surface area contributed by atoms with Gasteiger partial charge in [0.15, 0.2) is 0 Å². The van der Waals surface area contributed by atoms with Gasteiger partial charge in [-0.1, -0.05) is 41.4 Å². The van der Waals surface area contributed by atoms with Crippen LogP contribution in [0.1, 0.15) is 13.3 Å². The first kappa shape index (κ1) is 23.2. The molecule has 0 saturated heterocycles. The lowest BCUT2D eigenvalue weighted by molar-refractivity contribution is -0.148. The molecule has 4 N–H and O–H groups in total. The standard InChI is InChI=1S/C18H17Cl2F3N4OS/c1-10(24)26-17(25)7-11-3-2-4-12(18(21,22)23)8-16(11)27-29(28)13-5-6-14(19)15(20)9-13/h2-6,8-9,12,27H,7H2,1H3,(H3,24,25,26). The van der Waals surface area contributed by atoms with Crippen LogP contribution < -0.4 is 10.5 Å². The van der Waals surface area contributed by atoms with Crippen LogP contribution in [0.4, 0.5) is 13.2 Å². The van der Waals surface area contributed by atoms with Gasteiger partial charge >= 0.3 is 6.18 Å². The summed E-state index contributed by atoms with van der Waals surface area (Å²) in [4.78, 5) is 4.02. The van der Waals surface area contributed by atoms with Gasteiger partial charge in [-0.3, -0.25) is 5.41 Å². The number of nitrogens with one attached hydrogen (secondary N) is 2. The van der Waals surface area contributed by atoms with E-state index in [0.717, 1.165) is 12.2 Å². The summed E-state index contributed by atoms with van der Waals surface area (Å²) in [5, 5.41) is 8.29. The third-order valence-electron chi connectivity index (χ3n) is 3.66. The second-order valence-electron chi connectivity index (χ2n) is 6.05. The Morgan fingerprint density at radius 3 is 2.62 bits per heavy atom. The Morgan fingerprint density at radius 2 is 2.03 bits per heavy atom. The van der Waals surface area contributed by atoms with E-state index in [1.807, 2.05) is 0 Å². The molecule has 2 atom stereocenters. The smallest absolute Gasteiger partial charge is 0.387 e. The highest BCUT2D eigenvalue weighted by Crippen LogP contribution is 2.32. The van der Waals surface area contributed by atoms with Crippen molar-refractivity contribution >= 4 is 45.9 Å². The summed E-state index contributed by atoms with van der Waals surface area (Å²) < 4.78 is 55.1. The van der Waals surface area contributed by atoms with Crippen molar-refractivity contribution in [1.82, 2.24) is 4.72 Å². The van der Waals surface area contributed by atoms with Gasteiger partial charge in [-0.2, -0.15) is 13.2 Å². The zero-order valence-electron chi connectivity index (χ0n) is 15.1. The van der Waals surface area contributed by atoms with Crippen molar-refractivity contribution in [2.75, 3.05) is 0 Å². The van der Waals surface area contributed by atoms with Crippen LogP contribution in [0.15, 0.2) is 63.7 Å². The number of nitrogens with two attached hydrogens (primary N) is 1. The number of alkyl halides is 3. The van der Waals surface area contributed by atoms with Crippen LogP contribution >= 0.6 is 23.2 Å². The van der Waals surface area contributed by atoms with Crippen molar-refractivity contribution in [2.24, 2.45) is 16.6 Å². The predicted octanol–water partition coefficient (Wildman–Crippen LogP) is 4.91. The first-order chi connectivity index (χ1) is 13.5. The van der Waals surface area contributed by atoms with Gasteiger partial charge in [0, 0.05) is 12.1 Å². The Bertz CT molecular complexity index is 951. The van der Waals surface area contributed by atoms with Gasteiger partial charge in [0.25, 0.3) is 0 Å². The molecule has 1 aromatic carbocycles. The van der Waals surface area contributed by atoms with E-state index < -0.39 is 23.1 Å². The fourth-order valence-electron chi connectivity index (χ4n) is 2.36. The van der Waals surface area contributed by atoms with Crippen LogP contribution in [0.5, 0.6) is 0 Å². The molecule has 5 nitrogen and oxygen atoms in total. The molecule has 0 saturated carbocycles. The number of halogens is 5. The monoisotopic (exact) mass is 464 g/mol. The van der Waals surface area contributed by atoms with E-state index in [0.29, 0.717) is 5.57 Å². The van der Waals surface area contributed by atoms with Crippen LogP contribution in [0.25, 0.3) is 0 Å². The molecule has 0 aliphatic heterocycles. The molecule has 0 fully saturated rings. The summed E-state index contributed by atoms with van der Waals surface area (Å²) >= 11 is 11.8. The number of allylic oxidation sites excluding steroid dienone is 5. The molecule has 0 bridgehead atoms. The molecule has 1 aliphatic rings. The number of nitrogens with zero attached hydrogens (tertiary/aromatic N) is 1. The first-order valence-corrected chi connectivity index (χ1v) is 10.1. The molecular formula is C18H17Cl2F3N4OS. The molecule has 11 heteroatoms. The molecule has 2 rings (SSSR count). The zero-order valence-corrected chi connectivity index (χ0v) is 17.4. The summed E-state index contributed by atoms with van der Waals surface area (Å²) in [6.07, 6.45) is -0.105. The number of hydrogen-bond donors (Lipinski definition) is 3. The van der Waals surface area contributed by atoms with Crippen molar-refractivity contribution in [3.8, 4) is 0 Å². The van der Waals surface area contributed by atoms with Crippen LogP contribution in [0.3, 0.4) is 0 Å².